The van der Waals surface area contributed by atoms with Crippen LogP contribution in [0.2, 0.25) is 5.02 Å². The Hall–Kier alpha value is -2.91. The molecule has 0 saturated carbocycles. The molecule has 6 nitrogen and oxygen atoms in total. The van der Waals surface area contributed by atoms with E-state index in [-0.39, 0.29) is 22.0 Å². The van der Waals surface area contributed by atoms with Gasteiger partial charge in [0.15, 0.2) is 5.82 Å². The van der Waals surface area contributed by atoms with E-state index in [4.69, 9.17) is 11.6 Å². The molecule has 1 amide bonds. The first-order valence-corrected chi connectivity index (χ1v) is 12.3. The minimum atomic E-state index is -0.596. The molecule has 10 heteroatoms. The Bertz CT molecular complexity index is 1420. The van der Waals surface area contributed by atoms with Crippen molar-refractivity contribution in [1.29, 1.82) is 0 Å². The van der Waals surface area contributed by atoms with Crippen molar-refractivity contribution < 1.29 is 13.6 Å². The zero-order chi connectivity index (χ0) is 24.0. The van der Waals surface area contributed by atoms with Gasteiger partial charge in [0.1, 0.15) is 23.5 Å². The zero-order valence-corrected chi connectivity index (χ0v) is 20.3. The van der Waals surface area contributed by atoms with E-state index >= 15 is 4.39 Å². The van der Waals surface area contributed by atoms with Gasteiger partial charge < -0.3 is 9.80 Å². The summed E-state index contributed by atoms with van der Waals surface area (Å²) in [7, 11) is 0. The second-order valence-electron chi connectivity index (χ2n) is 8.26. The highest BCUT2D eigenvalue weighted by molar-refractivity contribution is 7.18. The lowest BCUT2D eigenvalue weighted by Crippen LogP contribution is -2.49. The van der Waals surface area contributed by atoms with Gasteiger partial charge >= 0.3 is 0 Å². The van der Waals surface area contributed by atoms with Crippen molar-refractivity contribution in [3.63, 3.8) is 0 Å². The van der Waals surface area contributed by atoms with Crippen molar-refractivity contribution in [3.05, 3.63) is 46.2 Å². The van der Waals surface area contributed by atoms with Crippen molar-refractivity contribution in [2.75, 3.05) is 31.1 Å². The van der Waals surface area contributed by atoms with Crippen molar-refractivity contribution in [3.8, 4) is 11.1 Å². The van der Waals surface area contributed by atoms with Crippen LogP contribution in [0.3, 0.4) is 0 Å². The van der Waals surface area contributed by atoms with E-state index in [9.17, 15) is 9.18 Å². The smallest absolute Gasteiger partial charge is 0.222 e. The van der Waals surface area contributed by atoms with Crippen LogP contribution in [0.15, 0.2) is 24.5 Å². The molecule has 0 spiro atoms. The summed E-state index contributed by atoms with van der Waals surface area (Å²) in [6, 6.07) is 4.47. The molecule has 1 aliphatic heterocycles. The maximum atomic E-state index is 15.9. The molecule has 5 rings (SSSR count). The molecule has 0 aliphatic carbocycles. The number of hydrogen-bond donors (Lipinski definition) is 0. The highest BCUT2D eigenvalue weighted by Crippen LogP contribution is 2.41. The summed E-state index contributed by atoms with van der Waals surface area (Å²) < 4.78 is 30.6. The standard InChI is InChI=1S/C24H22ClF2N5OS/c1-3-4-18(33)31-7-9-32(10-8-31)24-15-11-16(25)19(20(27)21(15)28-12-29-24)14-5-6-17(26)23-22(14)30-13(2)34-23/h5-6,11-12H,3-4,7-10H2,1-2H3. The molecule has 4 aromatic rings. The van der Waals surface area contributed by atoms with Crippen LogP contribution in [0.5, 0.6) is 0 Å². The largest absolute Gasteiger partial charge is 0.352 e. The predicted octanol–water partition coefficient (Wildman–Crippen LogP) is 5.60. The Morgan fingerprint density at radius 1 is 1.15 bits per heavy atom. The molecule has 1 fully saturated rings. The molecule has 0 radical (unpaired) electrons. The number of hydrogen-bond acceptors (Lipinski definition) is 6. The van der Waals surface area contributed by atoms with Crippen LogP contribution in [0.1, 0.15) is 24.8 Å². The van der Waals surface area contributed by atoms with Gasteiger partial charge in [-0.2, -0.15) is 0 Å². The molecule has 2 aromatic heterocycles. The number of aryl methyl sites for hydroxylation is 1. The number of carbonyl (C=O) groups is 1. The van der Waals surface area contributed by atoms with E-state index in [2.05, 4.69) is 15.0 Å². The van der Waals surface area contributed by atoms with Crippen LogP contribution < -0.4 is 4.90 Å². The third kappa shape index (κ3) is 3.86. The number of benzene rings is 2. The molecule has 1 saturated heterocycles. The Balaban J connectivity index is 1.56. The number of carbonyl (C=O) groups excluding carboxylic acids is 1. The summed E-state index contributed by atoms with van der Waals surface area (Å²) in [6.07, 6.45) is 2.69. The van der Waals surface area contributed by atoms with Crippen LogP contribution in [0, 0.1) is 18.6 Å². The maximum Gasteiger partial charge on any atom is 0.222 e. The normalized spacial score (nSPS) is 14.4. The molecule has 176 valence electrons. The van der Waals surface area contributed by atoms with E-state index in [1.54, 1.807) is 13.0 Å². The third-order valence-corrected chi connectivity index (χ3v) is 7.34. The van der Waals surface area contributed by atoms with Gasteiger partial charge in [0, 0.05) is 49.1 Å². The average Bonchev–Trinajstić information content (AvgIpc) is 3.23. The Morgan fingerprint density at radius 3 is 2.65 bits per heavy atom. The van der Waals surface area contributed by atoms with Crippen LogP contribution in [0.25, 0.3) is 32.2 Å². The van der Waals surface area contributed by atoms with Gasteiger partial charge in [-0.3, -0.25) is 4.79 Å². The number of halogens is 3. The Morgan fingerprint density at radius 2 is 1.91 bits per heavy atom. The first kappa shape index (κ1) is 22.9. The van der Waals surface area contributed by atoms with Crippen LogP contribution >= 0.6 is 22.9 Å². The summed E-state index contributed by atoms with van der Waals surface area (Å²) in [5.41, 5.74) is 1.08. The second-order valence-corrected chi connectivity index (χ2v) is 9.87. The number of thiazole rings is 1. The van der Waals surface area contributed by atoms with E-state index < -0.39 is 11.6 Å². The third-order valence-electron chi connectivity index (χ3n) is 6.07. The molecular formula is C24H22ClF2N5OS. The highest BCUT2D eigenvalue weighted by Gasteiger charge is 2.26. The van der Waals surface area contributed by atoms with Gasteiger partial charge in [-0.05, 0) is 31.5 Å². The fraction of sp³-hybridized carbons (Fsp3) is 0.333. The molecular weight excluding hydrogens is 480 g/mol. The summed E-state index contributed by atoms with van der Waals surface area (Å²) in [6.45, 7) is 6.09. The summed E-state index contributed by atoms with van der Waals surface area (Å²) in [4.78, 5) is 29.1. The number of aromatic nitrogens is 3. The van der Waals surface area contributed by atoms with Gasteiger partial charge in [0.2, 0.25) is 5.91 Å². The monoisotopic (exact) mass is 501 g/mol. The van der Waals surface area contributed by atoms with E-state index in [0.29, 0.717) is 64.6 Å². The fourth-order valence-corrected chi connectivity index (χ4v) is 5.58. The molecule has 1 aliphatic rings. The Labute approximate surface area is 204 Å². The van der Waals surface area contributed by atoms with Crippen molar-refractivity contribution in [2.24, 2.45) is 0 Å². The molecule has 0 atom stereocenters. The van der Waals surface area contributed by atoms with Crippen LogP contribution in [-0.2, 0) is 4.79 Å². The van der Waals surface area contributed by atoms with Crippen molar-refractivity contribution in [2.45, 2.75) is 26.7 Å². The average molecular weight is 502 g/mol. The Kier molecular flexibility index (Phi) is 6.07. The number of anilines is 1. The molecule has 0 unspecified atom stereocenters. The van der Waals surface area contributed by atoms with Gasteiger partial charge in [-0.1, -0.05) is 18.5 Å². The van der Waals surface area contributed by atoms with Gasteiger partial charge in [-0.25, -0.2) is 23.7 Å². The molecule has 34 heavy (non-hydrogen) atoms. The SMILES string of the molecule is CCCC(=O)N1CCN(c2ncnc3c(F)c(-c4ccc(F)c5sc(C)nc45)c(Cl)cc23)CC1. The lowest BCUT2D eigenvalue weighted by Gasteiger charge is -2.35. The van der Waals surface area contributed by atoms with Gasteiger partial charge in [0.05, 0.1) is 20.2 Å². The zero-order valence-electron chi connectivity index (χ0n) is 18.7. The fourth-order valence-electron chi connectivity index (χ4n) is 4.44. The topological polar surface area (TPSA) is 62.2 Å². The number of piperazine rings is 1. The number of rotatable bonds is 4. The first-order valence-electron chi connectivity index (χ1n) is 11.1. The quantitative estimate of drug-likeness (QED) is 0.364. The maximum absolute atomic E-state index is 15.9. The van der Waals surface area contributed by atoms with Gasteiger partial charge in [0.25, 0.3) is 0 Å². The van der Waals surface area contributed by atoms with Crippen molar-refractivity contribution >= 4 is 55.8 Å². The number of nitrogens with zero attached hydrogens (tertiary/aromatic N) is 5. The lowest BCUT2D eigenvalue weighted by atomic mass is 10.0. The molecule has 0 bridgehead atoms. The predicted molar refractivity (Wildman–Crippen MR) is 132 cm³/mol. The molecule has 2 aromatic carbocycles. The van der Waals surface area contributed by atoms with E-state index in [1.807, 2.05) is 16.7 Å². The van der Waals surface area contributed by atoms with Gasteiger partial charge in [-0.15, -0.1) is 11.3 Å². The summed E-state index contributed by atoms with van der Waals surface area (Å²) >= 11 is 7.83. The number of amides is 1. The van der Waals surface area contributed by atoms with Crippen molar-refractivity contribution in [1.82, 2.24) is 19.9 Å². The highest BCUT2D eigenvalue weighted by atomic mass is 35.5. The minimum Gasteiger partial charge on any atom is -0.352 e. The minimum absolute atomic E-state index is 0.137. The molecule has 0 N–H and O–H groups in total. The number of fused-ring (bicyclic) bond motifs is 2. The van der Waals surface area contributed by atoms with Crippen LogP contribution in [0.4, 0.5) is 14.6 Å². The molecule has 3 heterocycles. The first-order chi connectivity index (χ1) is 16.4. The summed E-state index contributed by atoms with van der Waals surface area (Å²) in [5.74, 6) is -0.269. The van der Waals surface area contributed by atoms with E-state index in [0.717, 1.165) is 6.42 Å². The van der Waals surface area contributed by atoms with Crippen LogP contribution in [-0.4, -0.2) is 51.9 Å². The lowest BCUT2D eigenvalue weighted by molar-refractivity contribution is -0.131. The second kappa shape index (κ2) is 9.03. The van der Waals surface area contributed by atoms with E-state index in [1.165, 1.54) is 29.8 Å². The summed E-state index contributed by atoms with van der Waals surface area (Å²) in [5, 5.41) is 1.35.